The highest BCUT2D eigenvalue weighted by Crippen LogP contribution is 2.36. The first-order valence-electron chi connectivity index (χ1n) is 7.32. The van der Waals surface area contributed by atoms with Crippen molar-refractivity contribution in [3.8, 4) is 11.8 Å². The second-order valence-electron chi connectivity index (χ2n) is 5.73. The van der Waals surface area contributed by atoms with Crippen molar-refractivity contribution in [2.45, 2.75) is 31.6 Å². The number of anilines is 1. The molecule has 1 saturated carbocycles. The summed E-state index contributed by atoms with van der Waals surface area (Å²) in [6, 6.07) is 6.00. The van der Waals surface area contributed by atoms with Gasteiger partial charge in [-0.2, -0.15) is 5.26 Å². The topological polar surface area (TPSA) is 68.3 Å². The second kappa shape index (κ2) is 5.72. The van der Waals surface area contributed by atoms with Crippen LogP contribution in [0.3, 0.4) is 0 Å². The van der Waals surface area contributed by atoms with Crippen molar-refractivity contribution in [1.82, 2.24) is 0 Å². The third kappa shape index (κ3) is 2.88. The molecule has 0 atom stereocenters. The maximum atomic E-state index is 9.31. The van der Waals surface area contributed by atoms with E-state index >= 15 is 0 Å². The van der Waals surface area contributed by atoms with Crippen LogP contribution in [0, 0.1) is 17.2 Å². The molecular weight excluding hydrogens is 252 g/mol. The van der Waals surface area contributed by atoms with Gasteiger partial charge in [0, 0.05) is 13.2 Å². The highest BCUT2D eigenvalue weighted by atomic mass is 16.5. The van der Waals surface area contributed by atoms with Crippen molar-refractivity contribution in [2.24, 2.45) is 5.92 Å². The van der Waals surface area contributed by atoms with Gasteiger partial charge in [0.05, 0.1) is 23.9 Å². The molecule has 0 spiro atoms. The van der Waals surface area contributed by atoms with Crippen molar-refractivity contribution in [1.29, 1.82) is 5.26 Å². The molecule has 106 valence electrons. The molecule has 4 nitrogen and oxygen atoms in total. The van der Waals surface area contributed by atoms with Crippen LogP contribution in [-0.4, -0.2) is 19.8 Å². The minimum atomic E-state index is 0.377. The Bertz CT molecular complexity index is 526. The third-order valence-electron chi connectivity index (χ3n) is 4.13. The van der Waals surface area contributed by atoms with Gasteiger partial charge < -0.3 is 15.2 Å². The Kier molecular flexibility index (Phi) is 3.79. The monoisotopic (exact) mass is 272 g/mol. The summed E-state index contributed by atoms with van der Waals surface area (Å²) in [6.45, 7) is 2.26. The Morgan fingerprint density at radius 2 is 2.00 bits per heavy atom. The van der Waals surface area contributed by atoms with Gasteiger partial charge in [0.1, 0.15) is 5.75 Å². The van der Waals surface area contributed by atoms with Gasteiger partial charge in [-0.05, 0) is 55.2 Å². The standard InChI is InChI=1S/C16H20N2O2/c17-9-13-7-15(18)16(20-10-11-1-2-11)8-14(13)12-3-5-19-6-4-12/h7-8,11-12H,1-6,10,18H2. The summed E-state index contributed by atoms with van der Waals surface area (Å²) in [4.78, 5) is 0. The Morgan fingerprint density at radius 3 is 2.65 bits per heavy atom. The van der Waals surface area contributed by atoms with Crippen LogP contribution in [0.4, 0.5) is 5.69 Å². The molecule has 4 heteroatoms. The molecule has 1 aromatic carbocycles. The van der Waals surface area contributed by atoms with E-state index < -0.39 is 0 Å². The van der Waals surface area contributed by atoms with Crippen LogP contribution in [0.15, 0.2) is 12.1 Å². The maximum absolute atomic E-state index is 9.31. The van der Waals surface area contributed by atoms with Gasteiger partial charge in [0.2, 0.25) is 0 Å². The van der Waals surface area contributed by atoms with Gasteiger partial charge in [-0.25, -0.2) is 0 Å². The molecule has 1 aliphatic carbocycles. The Labute approximate surface area is 119 Å². The average molecular weight is 272 g/mol. The van der Waals surface area contributed by atoms with Gasteiger partial charge >= 0.3 is 0 Å². The van der Waals surface area contributed by atoms with Crippen molar-refractivity contribution in [2.75, 3.05) is 25.6 Å². The predicted molar refractivity (Wildman–Crippen MR) is 76.6 cm³/mol. The fraction of sp³-hybridized carbons (Fsp3) is 0.562. The molecule has 2 N–H and O–H groups in total. The van der Waals surface area contributed by atoms with E-state index in [-0.39, 0.29) is 0 Å². The summed E-state index contributed by atoms with van der Waals surface area (Å²) < 4.78 is 11.2. The number of hydrogen-bond acceptors (Lipinski definition) is 4. The van der Waals surface area contributed by atoms with Crippen LogP contribution in [-0.2, 0) is 4.74 Å². The quantitative estimate of drug-likeness (QED) is 0.856. The lowest BCUT2D eigenvalue weighted by molar-refractivity contribution is 0.0852. The molecule has 2 fully saturated rings. The van der Waals surface area contributed by atoms with E-state index in [1.807, 2.05) is 6.07 Å². The lowest BCUT2D eigenvalue weighted by Crippen LogP contribution is -2.15. The molecule has 1 heterocycles. The zero-order valence-corrected chi connectivity index (χ0v) is 11.6. The summed E-state index contributed by atoms with van der Waals surface area (Å²) >= 11 is 0. The number of rotatable bonds is 4. The Balaban J connectivity index is 1.85. The van der Waals surface area contributed by atoms with E-state index in [4.69, 9.17) is 15.2 Å². The van der Waals surface area contributed by atoms with Crippen LogP contribution in [0.5, 0.6) is 5.75 Å². The number of nitriles is 1. The zero-order valence-electron chi connectivity index (χ0n) is 11.6. The zero-order chi connectivity index (χ0) is 13.9. The van der Waals surface area contributed by atoms with E-state index in [0.717, 1.165) is 44.0 Å². The van der Waals surface area contributed by atoms with Crippen molar-refractivity contribution in [3.63, 3.8) is 0 Å². The Morgan fingerprint density at radius 1 is 1.25 bits per heavy atom. The molecule has 1 saturated heterocycles. The number of nitrogen functional groups attached to an aromatic ring is 1. The lowest BCUT2D eigenvalue weighted by Gasteiger charge is -2.24. The van der Waals surface area contributed by atoms with Crippen LogP contribution in [0.2, 0.25) is 0 Å². The normalized spacial score (nSPS) is 19.6. The molecule has 0 amide bonds. The van der Waals surface area contributed by atoms with Crippen molar-refractivity contribution < 1.29 is 9.47 Å². The summed E-state index contributed by atoms with van der Waals surface area (Å²) in [5.41, 5.74) is 8.31. The molecule has 1 aromatic rings. The first-order chi connectivity index (χ1) is 9.78. The fourth-order valence-corrected chi connectivity index (χ4v) is 2.67. The lowest BCUT2D eigenvalue weighted by atomic mass is 9.88. The number of ether oxygens (including phenoxy) is 2. The first kappa shape index (κ1) is 13.3. The number of benzene rings is 1. The third-order valence-corrected chi connectivity index (χ3v) is 4.13. The van der Waals surface area contributed by atoms with Crippen molar-refractivity contribution >= 4 is 5.69 Å². The van der Waals surface area contributed by atoms with E-state index in [1.165, 1.54) is 12.8 Å². The molecular formula is C16H20N2O2. The Hall–Kier alpha value is -1.73. The minimum Gasteiger partial charge on any atom is -0.491 e. The van der Waals surface area contributed by atoms with Crippen LogP contribution >= 0.6 is 0 Å². The average Bonchev–Trinajstić information content (AvgIpc) is 3.30. The fourth-order valence-electron chi connectivity index (χ4n) is 2.67. The maximum Gasteiger partial charge on any atom is 0.142 e. The molecule has 20 heavy (non-hydrogen) atoms. The van der Waals surface area contributed by atoms with Gasteiger partial charge in [-0.3, -0.25) is 0 Å². The van der Waals surface area contributed by atoms with Gasteiger partial charge in [0.25, 0.3) is 0 Å². The van der Waals surface area contributed by atoms with Gasteiger partial charge in [0.15, 0.2) is 0 Å². The summed E-state index contributed by atoms with van der Waals surface area (Å²) in [7, 11) is 0. The van der Waals surface area contributed by atoms with Gasteiger partial charge in [-0.15, -0.1) is 0 Å². The second-order valence-corrected chi connectivity index (χ2v) is 5.73. The molecule has 0 radical (unpaired) electrons. The smallest absolute Gasteiger partial charge is 0.142 e. The largest absolute Gasteiger partial charge is 0.491 e. The highest BCUT2D eigenvalue weighted by molar-refractivity contribution is 5.60. The minimum absolute atomic E-state index is 0.377. The molecule has 3 rings (SSSR count). The van der Waals surface area contributed by atoms with Crippen molar-refractivity contribution in [3.05, 3.63) is 23.3 Å². The van der Waals surface area contributed by atoms with E-state index in [2.05, 4.69) is 6.07 Å². The van der Waals surface area contributed by atoms with Gasteiger partial charge in [-0.1, -0.05) is 0 Å². The van der Waals surface area contributed by atoms with Crippen LogP contribution in [0.1, 0.15) is 42.7 Å². The summed E-state index contributed by atoms with van der Waals surface area (Å²) in [5, 5.41) is 9.31. The molecule has 0 unspecified atom stereocenters. The van der Waals surface area contributed by atoms with E-state index in [9.17, 15) is 5.26 Å². The highest BCUT2D eigenvalue weighted by Gasteiger charge is 2.24. The molecule has 0 aromatic heterocycles. The first-order valence-corrected chi connectivity index (χ1v) is 7.32. The predicted octanol–water partition coefficient (Wildman–Crippen LogP) is 2.82. The number of nitrogens with zero attached hydrogens (tertiary/aromatic N) is 1. The van der Waals surface area contributed by atoms with E-state index in [1.54, 1.807) is 6.07 Å². The number of nitrogens with two attached hydrogens (primary N) is 1. The van der Waals surface area contributed by atoms with Crippen LogP contribution in [0.25, 0.3) is 0 Å². The number of hydrogen-bond donors (Lipinski definition) is 1. The summed E-state index contributed by atoms with van der Waals surface area (Å²) in [6.07, 6.45) is 4.42. The molecule has 2 aliphatic rings. The SMILES string of the molecule is N#Cc1cc(N)c(OCC2CC2)cc1C1CCOCC1. The molecule has 1 aliphatic heterocycles. The van der Waals surface area contributed by atoms with Crippen LogP contribution < -0.4 is 10.5 Å². The summed E-state index contributed by atoms with van der Waals surface area (Å²) in [5.74, 6) is 1.80. The molecule has 0 bridgehead atoms. The van der Waals surface area contributed by atoms with E-state index in [0.29, 0.717) is 23.1 Å².